The van der Waals surface area contributed by atoms with Crippen molar-refractivity contribution in [3.05, 3.63) is 59.2 Å². The van der Waals surface area contributed by atoms with E-state index < -0.39 is 10.1 Å². The summed E-state index contributed by atoms with van der Waals surface area (Å²) in [4.78, 5) is 0.211. The fourth-order valence-corrected chi connectivity index (χ4v) is 4.16. The molecule has 0 heterocycles. The summed E-state index contributed by atoms with van der Waals surface area (Å²) in [6.45, 7) is 1.92. The van der Waals surface area contributed by atoms with Crippen LogP contribution in [0.4, 0.5) is 0 Å². The Bertz CT molecular complexity index is 810. The second-order valence-electron chi connectivity index (χ2n) is 6.22. The molecule has 128 valence electrons. The zero-order chi connectivity index (χ0) is 17.2. The highest BCUT2D eigenvalue weighted by Crippen LogP contribution is 2.28. The average Bonchev–Trinajstić information content (AvgIpc) is 2.75. The van der Waals surface area contributed by atoms with E-state index in [1.807, 2.05) is 19.1 Å². The fourth-order valence-electron chi connectivity index (χ4n) is 3.05. The number of hydrogen-bond acceptors (Lipinski definition) is 4. The molecule has 5 heteroatoms. The molecule has 1 aliphatic carbocycles. The number of aryl methyl sites for hydroxylation is 2. The Hall–Kier alpha value is -1.85. The van der Waals surface area contributed by atoms with Crippen molar-refractivity contribution in [3.8, 4) is 5.75 Å². The molecule has 0 N–H and O–H groups in total. The summed E-state index contributed by atoms with van der Waals surface area (Å²) in [6, 6.07) is 12.7. The summed E-state index contributed by atoms with van der Waals surface area (Å²) in [5, 5.41) is 0. The van der Waals surface area contributed by atoms with Crippen LogP contribution < -0.4 is 4.74 Å². The zero-order valence-corrected chi connectivity index (χ0v) is 14.8. The Morgan fingerprint density at radius 2 is 1.79 bits per heavy atom. The average molecular weight is 346 g/mol. The molecule has 0 spiro atoms. The second-order valence-corrected chi connectivity index (χ2v) is 7.79. The number of fused-ring (bicyclic) bond motifs is 1. The smallest absolute Gasteiger partial charge is 0.297 e. The highest BCUT2D eigenvalue weighted by Gasteiger charge is 2.25. The zero-order valence-electron chi connectivity index (χ0n) is 14.0. The third kappa shape index (κ3) is 3.79. The molecule has 1 aliphatic rings. The number of benzene rings is 2. The van der Waals surface area contributed by atoms with Crippen molar-refractivity contribution < 1.29 is 17.3 Å². The van der Waals surface area contributed by atoms with E-state index in [-0.39, 0.29) is 11.0 Å². The largest absolute Gasteiger partial charge is 0.497 e. The first-order chi connectivity index (χ1) is 11.5. The fraction of sp³-hybridized carbons (Fsp3) is 0.368. The van der Waals surface area contributed by atoms with Crippen LogP contribution in [0.2, 0.25) is 0 Å². The van der Waals surface area contributed by atoms with Crippen LogP contribution in [0.15, 0.2) is 47.4 Å². The summed E-state index contributed by atoms with van der Waals surface area (Å²) in [5.41, 5.74) is 3.37. The Morgan fingerprint density at radius 1 is 1.04 bits per heavy atom. The molecule has 0 aliphatic heterocycles. The van der Waals surface area contributed by atoms with E-state index in [4.69, 9.17) is 8.92 Å². The van der Waals surface area contributed by atoms with Gasteiger partial charge in [-0.15, -0.1) is 0 Å². The molecule has 0 amide bonds. The van der Waals surface area contributed by atoms with Gasteiger partial charge in [0.25, 0.3) is 10.1 Å². The topological polar surface area (TPSA) is 52.6 Å². The van der Waals surface area contributed by atoms with Gasteiger partial charge in [-0.3, -0.25) is 4.18 Å². The molecule has 1 unspecified atom stereocenters. The first-order valence-electron chi connectivity index (χ1n) is 8.14. The van der Waals surface area contributed by atoms with Crippen LogP contribution in [0, 0.1) is 6.92 Å². The predicted molar refractivity (Wildman–Crippen MR) is 92.9 cm³/mol. The lowest BCUT2D eigenvalue weighted by atomic mass is 10.0. The van der Waals surface area contributed by atoms with Gasteiger partial charge >= 0.3 is 0 Å². The van der Waals surface area contributed by atoms with Gasteiger partial charge in [0.15, 0.2) is 0 Å². The highest BCUT2D eigenvalue weighted by molar-refractivity contribution is 7.86. The number of methoxy groups -OCH3 is 1. The summed E-state index contributed by atoms with van der Waals surface area (Å²) < 4.78 is 35.8. The van der Waals surface area contributed by atoms with Crippen LogP contribution in [0.5, 0.6) is 5.75 Å². The maximum Gasteiger partial charge on any atom is 0.297 e. The molecule has 0 radical (unpaired) electrons. The van der Waals surface area contributed by atoms with Crippen molar-refractivity contribution >= 4 is 10.1 Å². The van der Waals surface area contributed by atoms with E-state index in [1.54, 1.807) is 31.4 Å². The van der Waals surface area contributed by atoms with Gasteiger partial charge in [0.2, 0.25) is 0 Å². The molecular formula is C19H22O4S. The van der Waals surface area contributed by atoms with E-state index >= 15 is 0 Å². The monoisotopic (exact) mass is 346 g/mol. The lowest BCUT2D eigenvalue weighted by Gasteiger charge is -2.16. The molecule has 0 saturated carbocycles. The molecule has 2 aromatic rings. The van der Waals surface area contributed by atoms with Gasteiger partial charge in [0.05, 0.1) is 18.1 Å². The summed E-state index contributed by atoms with van der Waals surface area (Å²) in [5.74, 6) is 0.788. The van der Waals surface area contributed by atoms with Crippen molar-refractivity contribution in [2.75, 3.05) is 7.11 Å². The van der Waals surface area contributed by atoms with Gasteiger partial charge < -0.3 is 4.74 Å². The minimum atomic E-state index is -3.74. The van der Waals surface area contributed by atoms with Crippen LogP contribution in [0.3, 0.4) is 0 Å². The van der Waals surface area contributed by atoms with Crippen LogP contribution >= 0.6 is 0 Å². The van der Waals surface area contributed by atoms with Crippen molar-refractivity contribution in [1.29, 1.82) is 0 Å². The Morgan fingerprint density at radius 3 is 2.50 bits per heavy atom. The quantitative estimate of drug-likeness (QED) is 0.626. The number of hydrogen-bond donors (Lipinski definition) is 0. The number of rotatable bonds is 4. The van der Waals surface area contributed by atoms with Crippen LogP contribution in [-0.4, -0.2) is 21.6 Å². The van der Waals surface area contributed by atoms with Crippen molar-refractivity contribution in [2.24, 2.45) is 0 Å². The molecule has 4 nitrogen and oxygen atoms in total. The Balaban J connectivity index is 1.80. The Labute approximate surface area is 143 Å². The van der Waals surface area contributed by atoms with Crippen LogP contribution in [-0.2, 0) is 27.1 Å². The third-order valence-corrected chi connectivity index (χ3v) is 5.78. The molecule has 24 heavy (non-hydrogen) atoms. The maximum absolute atomic E-state index is 12.5. The molecule has 3 rings (SSSR count). The first-order valence-corrected chi connectivity index (χ1v) is 9.54. The first kappa shape index (κ1) is 17.0. The van der Waals surface area contributed by atoms with E-state index in [9.17, 15) is 8.42 Å². The normalized spacial score (nSPS) is 17.8. The SMILES string of the molecule is COc1ccc2c(c1)CC(OS(=O)(=O)c1ccc(C)cc1)CCC2. The van der Waals surface area contributed by atoms with Crippen LogP contribution in [0.1, 0.15) is 29.5 Å². The van der Waals surface area contributed by atoms with Crippen molar-refractivity contribution in [1.82, 2.24) is 0 Å². The van der Waals surface area contributed by atoms with Gasteiger partial charge in [-0.05, 0) is 61.6 Å². The van der Waals surface area contributed by atoms with Gasteiger partial charge in [-0.2, -0.15) is 8.42 Å². The molecule has 0 fully saturated rings. The summed E-state index contributed by atoms with van der Waals surface area (Å²) in [7, 11) is -2.11. The van der Waals surface area contributed by atoms with Gasteiger partial charge in [-0.1, -0.05) is 23.8 Å². The molecule has 0 aromatic heterocycles. The summed E-state index contributed by atoms with van der Waals surface area (Å²) in [6.07, 6.45) is 2.81. The van der Waals surface area contributed by atoms with E-state index in [1.165, 1.54) is 5.56 Å². The lowest BCUT2D eigenvalue weighted by molar-refractivity contribution is 0.199. The maximum atomic E-state index is 12.5. The highest BCUT2D eigenvalue weighted by atomic mass is 32.2. The molecule has 0 saturated heterocycles. The molecular weight excluding hydrogens is 324 g/mol. The molecule has 2 aromatic carbocycles. The lowest BCUT2D eigenvalue weighted by Crippen LogP contribution is -2.20. The van der Waals surface area contributed by atoms with E-state index in [0.29, 0.717) is 6.42 Å². The minimum absolute atomic E-state index is 0.211. The van der Waals surface area contributed by atoms with Crippen LogP contribution in [0.25, 0.3) is 0 Å². The predicted octanol–water partition coefficient (Wildman–Crippen LogP) is 3.66. The van der Waals surface area contributed by atoms with Gasteiger partial charge in [-0.25, -0.2) is 0 Å². The summed E-state index contributed by atoms with van der Waals surface area (Å²) >= 11 is 0. The third-order valence-electron chi connectivity index (χ3n) is 4.41. The number of ether oxygens (including phenoxy) is 1. The van der Waals surface area contributed by atoms with E-state index in [2.05, 4.69) is 6.07 Å². The van der Waals surface area contributed by atoms with Crippen molar-refractivity contribution in [3.63, 3.8) is 0 Å². The van der Waals surface area contributed by atoms with E-state index in [0.717, 1.165) is 36.1 Å². The van der Waals surface area contributed by atoms with Gasteiger partial charge in [0, 0.05) is 6.42 Å². The minimum Gasteiger partial charge on any atom is -0.497 e. The molecule has 0 bridgehead atoms. The van der Waals surface area contributed by atoms with Crippen molar-refractivity contribution in [2.45, 2.75) is 43.6 Å². The van der Waals surface area contributed by atoms with Gasteiger partial charge in [0.1, 0.15) is 5.75 Å². The second kappa shape index (κ2) is 6.95. The molecule has 1 atom stereocenters. The standard InChI is InChI=1S/C19H22O4S/c1-14-6-10-19(11-7-14)24(20,21)23-18-5-3-4-15-8-9-17(22-2)12-16(15)13-18/h6-12,18H,3-5,13H2,1-2H3. The Kier molecular flexibility index (Phi) is 4.92.